The van der Waals surface area contributed by atoms with E-state index >= 15 is 0 Å². The fourth-order valence-corrected chi connectivity index (χ4v) is 3.46. The third kappa shape index (κ3) is 2.51. The molecule has 1 aliphatic carbocycles. The molecule has 2 aliphatic rings. The molecule has 1 saturated carbocycles. The molecule has 1 aromatic rings. The number of aromatic nitrogens is 2. The monoisotopic (exact) mass is 261 g/mol. The van der Waals surface area contributed by atoms with Crippen LogP contribution in [0.5, 0.6) is 0 Å². The van der Waals surface area contributed by atoms with E-state index in [2.05, 4.69) is 15.3 Å². The maximum Gasteiger partial charge on any atom is 0.0759 e. The molecule has 104 valence electrons. The van der Waals surface area contributed by atoms with E-state index in [0.29, 0.717) is 12.0 Å². The summed E-state index contributed by atoms with van der Waals surface area (Å²) >= 11 is 0. The highest BCUT2D eigenvalue weighted by atomic mass is 16.5. The first-order valence-electron chi connectivity index (χ1n) is 7.32. The van der Waals surface area contributed by atoms with Crippen LogP contribution in [0.1, 0.15) is 49.5 Å². The maximum absolute atomic E-state index is 6.02. The number of rotatable bonds is 3. The fourth-order valence-electron chi connectivity index (χ4n) is 3.46. The lowest BCUT2D eigenvalue weighted by molar-refractivity contribution is -0.147. The Labute approximate surface area is 115 Å². The van der Waals surface area contributed by atoms with Crippen molar-refractivity contribution in [3.63, 3.8) is 0 Å². The Morgan fingerprint density at radius 2 is 2.21 bits per heavy atom. The van der Waals surface area contributed by atoms with E-state index in [-0.39, 0.29) is 5.60 Å². The van der Waals surface area contributed by atoms with Gasteiger partial charge in [-0.15, -0.1) is 0 Å². The Morgan fingerprint density at radius 3 is 2.79 bits per heavy atom. The van der Waals surface area contributed by atoms with E-state index in [9.17, 15) is 0 Å². The zero-order valence-electron chi connectivity index (χ0n) is 11.9. The zero-order chi connectivity index (χ0) is 13.3. The summed E-state index contributed by atoms with van der Waals surface area (Å²) in [6, 6.07) is 0.300. The molecule has 1 spiro atoms. The molecule has 2 fully saturated rings. The van der Waals surface area contributed by atoms with Crippen LogP contribution >= 0.6 is 0 Å². The lowest BCUT2D eigenvalue weighted by Gasteiger charge is -2.48. The van der Waals surface area contributed by atoms with Crippen molar-refractivity contribution in [2.45, 2.75) is 50.7 Å². The van der Waals surface area contributed by atoms with Crippen molar-refractivity contribution < 1.29 is 4.74 Å². The van der Waals surface area contributed by atoms with Crippen molar-refractivity contribution in [3.8, 4) is 0 Å². The number of ether oxygens (including phenoxy) is 1. The second-order valence-electron chi connectivity index (χ2n) is 5.99. The van der Waals surface area contributed by atoms with Gasteiger partial charge in [0.15, 0.2) is 0 Å². The third-order valence-corrected chi connectivity index (χ3v) is 4.70. The van der Waals surface area contributed by atoms with Gasteiger partial charge in [0.1, 0.15) is 0 Å². The molecule has 1 aliphatic heterocycles. The first-order valence-corrected chi connectivity index (χ1v) is 7.32. The van der Waals surface area contributed by atoms with Crippen molar-refractivity contribution in [2.75, 3.05) is 13.7 Å². The van der Waals surface area contributed by atoms with E-state index in [4.69, 9.17) is 4.74 Å². The zero-order valence-corrected chi connectivity index (χ0v) is 11.9. The molecule has 0 bridgehead atoms. The molecule has 0 radical (unpaired) electrons. The molecule has 19 heavy (non-hydrogen) atoms. The van der Waals surface area contributed by atoms with Crippen molar-refractivity contribution >= 4 is 0 Å². The van der Waals surface area contributed by atoms with E-state index in [1.54, 1.807) is 0 Å². The average molecular weight is 261 g/mol. The average Bonchev–Trinajstić information content (AvgIpc) is 2.40. The molecule has 1 aromatic heterocycles. The quantitative estimate of drug-likeness (QED) is 0.907. The Kier molecular flexibility index (Phi) is 3.54. The summed E-state index contributed by atoms with van der Waals surface area (Å²) in [5.41, 5.74) is 2.23. The molecule has 2 unspecified atom stereocenters. The van der Waals surface area contributed by atoms with E-state index < -0.39 is 0 Å². The lowest BCUT2D eigenvalue weighted by atomic mass is 9.70. The fraction of sp³-hybridized carbons (Fsp3) is 0.733. The summed E-state index contributed by atoms with van der Waals surface area (Å²) in [5.74, 6) is 0.607. The number of nitrogens with zero attached hydrogens (tertiary/aromatic N) is 2. The standard InChI is InChI=1S/C15H23N3O/c1-11-9-18-13(10-17-11)14(16-2)12-4-7-19-15(8-12)5-3-6-15/h9-10,12,14,16H,3-8H2,1-2H3. The van der Waals surface area contributed by atoms with Crippen LogP contribution in [-0.2, 0) is 4.74 Å². The Bertz CT molecular complexity index is 428. The number of hydrogen-bond donors (Lipinski definition) is 1. The molecule has 1 saturated heterocycles. The van der Waals surface area contributed by atoms with Crippen molar-refractivity contribution in [3.05, 3.63) is 23.8 Å². The minimum absolute atomic E-state index is 0.191. The van der Waals surface area contributed by atoms with Crippen molar-refractivity contribution in [2.24, 2.45) is 5.92 Å². The first kappa shape index (κ1) is 13.0. The van der Waals surface area contributed by atoms with E-state index in [1.807, 2.05) is 26.4 Å². The highest BCUT2D eigenvalue weighted by Gasteiger charge is 2.44. The lowest BCUT2D eigenvalue weighted by Crippen LogP contribution is -2.47. The number of aryl methyl sites for hydroxylation is 1. The first-order chi connectivity index (χ1) is 9.22. The van der Waals surface area contributed by atoms with Crippen LogP contribution in [0.4, 0.5) is 0 Å². The van der Waals surface area contributed by atoms with Crippen LogP contribution in [-0.4, -0.2) is 29.2 Å². The number of nitrogens with one attached hydrogen (secondary N) is 1. The Hall–Kier alpha value is -1.00. The van der Waals surface area contributed by atoms with Gasteiger partial charge in [-0.2, -0.15) is 0 Å². The topological polar surface area (TPSA) is 47.0 Å². The van der Waals surface area contributed by atoms with E-state index in [1.165, 1.54) is 19.3 Å². The third-order valence-electron chi connectivity index (χ3n) is 4.70. The van der Waals surface area contributed by atoms with Crippen LogP contribution in [0.15, 0.2) is 12.4 Å². The predicted molar refractivity (Wildman–Crippen MR) is 73.8 cm³/mol. The molecule has 0 aromatic carbocycles. The SMILES string of the molecule is CNC(c1cnc(C)cn1)C1CCOC2(CCC2)C1. The molecular formula is C15H23N3O. The van der Waals surface area contributed by atoms with Crippen LogP contribution in [0, 0.1) is 12.8 Å². The molecule has 3 rings (SSSR count). The minimum atomic E-state index is 0.191. The molecule has 2 heterocycles. The summed E-state index contributed by atoms with van der Waals surface area (Å²) in [6.07, 6.45) is 9.84. The molecular weight excluding hydrogens is 238 g/mol. The van der Waals surface area contributed by atoms with Crippen LogP contribution in [0.3, 0.4) is 0 Å². The number of hydrogen-bond acceptors (Lipinski definition) is 4. The van der Waals surface area contributed by atoms with Crippen LogP contribution in [0.25, 0.3) is 0 Å². The highest BCUT2D eigenvalue weighted by molar-refractivity contribution is 5.09. The van der Waals surface area contributed by atoms with Gasteiger partial charge in [0.05, 0.1) is 29.2 Å². The minimum Gasteiger partial charge on any atom is -0.375 e. The van der Waals surface area contributed by atoms with Crippen molar-refractivity contribution in [1.29, 1.82) is 0 Å². The Morgan fingerprint density at radius 1 is 1.37 bits per heavy atom. The van der Waals surface area contributed by atoms with Gasteiger partial charge in [-0.1, -0.05) is 0 Å². The molecule has 4 nitrogen and oxygen atoms in total. The van der Waals surface area contributed by atoms with Gasteiger partial charge in [-0.05, 0) is 52.0 Å². The molecule has 4 heteroatoms. The van der Waals surface area contributed by atoms with Gasteiger partial charge >= 0.3 is 0 Å². The Balaban J connectivity index is 1.76. The maximum atomic E-state index is 6.02. The van der Waals surface area contributed by atoms with Gasteiger partial charge in [0.2, 0.25) is 0 Å². The van der Waals surface area contributed by atoms with Gasteiger partial charge < -0.3 is 10.1 Å². The summed E-state index contributed by atoms with van der Waals surface area (Å²) in [6.45, 7) is 2.87. The molecule has 1 N–H and O–H groups in total. The second-order valence-corrected chi connectivity index (χ2v) is 5.99. The molecule has 0 amide bonds. The smallest absolute Gasteiger partial charge is 0.0759 e. The normalized spacial score (nSPS) is 26.9. The van der Waals surface area contributed by atoms with Crippen LogP contribution in [0.2, 0.25) is 0 Å². The summed E-state index contributed by atoms with van der Waals surface area (Å²) in [4.78, 5) is 8.93. The van der Waals surface area contributed by atoms with Gasteiger partial charge in [-0.3, -0.25) is 9.97 Å². The summed E-state index contributed by atoms with van der Waals surface area (Å²) in [7, 11) is 2.02. The molecule has 2 atom stereocenters. The van der Waals surface area contributed by atoms with Crippen LogP contribution < -0.4 is 5.32 Å². The summed E-state index contributed by atoms with van der Waals surface area (Å²) < 4.78 is 6.02. The van der Waals surface area contributed by atoms with Gasteiger partial charge in [0, 0.05) is 12.8 Å². The summed E-state index contributed by atoms with van der Waals surface area (Å²) in [5, 5.41) is 3.44. The highest BCUT2D eigenvalue weighted by Crippen LogP contribution is 2.46. The second kappa shape index (κ2) is 5.17. The predicted octanol–water partition coefficient (Wildman–Crippen LogP) is 2.39. The van der Waals surface area contributed by atoms with Gasteiger partial charge in [0.25, 0.3) is 0 Å². The van der Waals surface area contributed by atoms with Crippen molar-refractivity contribution in [1.82, 2.24) is 15.3 Å². The largest absolute Gasteiger partial charge is 0.375 e. The van der Waals surface area contributed by atoms with E-state index in [0.717, 1.165) is 30.8 Å². The van der Waals surface area contributed by atoms with Gasteiger partial charge in [-0.25, -0.2) is 0 Å².